The summed E-state index contributed by atoms with van der Waals surface area (Å²) in [6.45, 7) is 7.29. The molecular formula is C24H34O3. The SMILES string of the molecule is CC#C[C@@H](CC(=O)OC)c1ccc(OCC2CCC(C)(CCCC)C2)cc1. The van der Waals surface area contributed by atoms with E-state index in [9.17, 15) is 4.79 Å². The molecule has 2 unspecified atom stereocenters. The molecule has 27 heavy (non-hydrogen) atoms. The van der Waals surface area contributed by atoms with Crippen molar-refractivity contribution < 1.29 is 14.3 Å². The van der Waals surface area contributed by atoms with Gasteiger partial charge >= 0.3 is 5.97 Å². The molecule has 0 spiro atoms. The van der Waals surface area contributed by atoms with Crippen LogP contribution < -0.4 is 4.74 Å². The predicted molar refractivity (Wildman–Crippen MR) is 110 cm³/mol. The van der Waals surface area contributed by atoms with Crippen LogP contribution in [0.5, 0.6) is 5.75 Å². The zero-order chi connectivity index (χ0) is 19.7. The quantitative estimate of drug-likeness (QED) is 0.411. The summed E-state index contributed by atoms with van der Waals surface area (Å²) in [4.78, 5) is 11.6. The maximum Gasteiger partial charge on any atom is 0.307 e. The van der Waals surface area contributed by atoms with Crippen molar-refractivity contribution in [2.24, 2.45) is 11.3 Å². The summed E-state index contributed by atoms with van der Waals surface area (Å²) in [7, 11) is 1.41. The average Bonchev–Trinajstić information content (AvgIpc) is 3.06. The van der Waals surface area contributed by atoms with Gasteiger partial charge in [-0.1, -0.05) is 44.7 Å². The third kappa shape index (κ3) is 6.61. The number of ether oxygens (including phenoxy) is 2. The summed E-state index contributed by atoms with van der Waals surface area (Å²) >= 11 is 0. The number of esters is 1. The van der Waals surface area contributed by atoms with Gasteiger partial charge in [-0.25, -0.2) is 0 Å². The monoisotopic (exact) mass is 370 g/mol. The van der Waals surface area contributed by atoms with E-state index in [1.807, 2.05) is 24.3 Å². The molecular weight excluding hydrogens is 336 g/mol. The van der Waals surface area contributed by atoms with Gasteiger partial charge in [0, 0.05) is 0 Å². The summed E-state index contributed by atoms with van der Waals surface area (Å²) in [5, 5.41) is 0. The highest BCUT2D eigenvalue weighted by Gasteiger charge is 2.34. The fourth-order valence-corrected chi connectivity index (χ4v) is 4.11. The number of benzene rings is 1. The van der Waals surface area contributed by atoms with Gasteiger partial charge in [-0.15, -0.1) is 5.92 Å². The first kappa shape index (κ1) is 21.4. The molecule has 0 aromatic heterocycles. The van der Waals surface area contributed by atoms with Crippen LogP contribution in [-0.4, -0.2) is 19.7 Å². The van der Waals surface area contributed by atoms with Gasteiger partial charge in [-0.05, 0) is 61.6 Å². The Morgan fingerprint density at radius 2 is 2.07 bits per heavy atom. The second-order valence-electron chi connectivity index (χ2n) is 8.13. The third-order valence-corrected chi connectivity index (χ3v) is 5.76. The van der Waals surface area contributed by atoms with Gasteiger partial charge in [-0.2, -0.15) is 0 Å². The van der Waals surface area contributed by atoms with E-state index in [0.717, 1.165) is 17.9 Å². The van der Waals surface area contributed by atoms with Crippen LogP contribution in [0.15, 0.2) is 24.3 Å². The highest BCUT2D eigenvalue weighted by atomic mass is 16.5. The largest absolute Gasteiger partial charge is 0.493 e. The van der Waals surface area contributed by atoms with Crippen LogP contribution >= 0.6 is 0 Å². The Morgan fingerprint density at radius 1 is 1.33 bits per heavy atom. The van der Waals surface area contributed by atoms with E-state index >= 15 is 0 Å². The number of unbranched alkanes of at least 4 members (excludes halogenated alkanes) is 1. The van der Waals surface area contributed by atoms with E-state index in [1.54, 1.807) is 6.92 Å². The zero-order valence-electron chi connectivity index (χ0n) is 17.3. The summed E-state index contributed by atoms with van der Waals surface area (Å²) < 4.78 is 10.8. The Morgan fingerprint density at radius 3 is 2.70 bits per heavy atom. The molecule has 1 saturated carbocycles. The first-order valence-electron chi connectivity index (χ1n) is 10.2. The van der Waals surface area contributed by atoms with Crippen LogP contribution in [0.1, 0.15) is 77.2 Å². The lowest BCUT2D eigenvalue weighted by atomic mass is 9.82. The molecule has 3 nitrogen and oxygen atoms in total. The van der Waals surface area contributed by atoms with Gasteiger partial charge in [0.1, 0.15) is 5.75 Å². The Hall–Kier alpha value is -1.95. The highest BCUT2D eigenvalue weighted by molar-refractivity contribution is 5.71. The number of hydrogen-bond donors (Lipinski definition) is 0. The molecule has 2 rings (SSSR count). The molecule has 0 radical (unpaired) electrons. The molecule has 3 atom stereocenters. The minimum Gasteiger partial charge on any atom is -0.493 e. The van der Waals surface area contributed by atoms with Crippen LogP contribution in [0.2, 0.25) is 0 Å². The van der Waals surface area contributed by atoms with Gasteiger partial charge in [0.25, 0.3) is 0 Å². The van der Waals surface area contributed by atoms with Gasteiger partial charge in [-0.3, -0.25) is 4.79 Å². The van der Waals surface area contributed by atoms with Crippen LogP contribution in [-0.2, 0) is 9.53 Å². The van der Waals surface area contributed by atoms with Gasteiger partial charge < -0.3 is 9.47 Å². The topological polar surface area (TPSA) is 35.5 Å². The Balaban J connectivity index is 1.88. The summed E-state index contributed by atoms with van der Waals surface area (Å²) in [5.74, 6) is 7.17. The normalized spacial score (nSPS) is 22.6. The van der Waals surface area contributed by atoms with E-state index in [1.165, 1.54) is 45.6 Å². The second kappa shape index (κ2) is 10.4. The zero-order valence-corrected chi connectivity index (χ0v) is 17.3. The molecule has 0 amide bonds. The van der Waals surface area contributed by atoms with E-state index in [4.69, 9.17) is 9.47 Å². The van der Waals surface area contributed by atoms with Crippen molar-refractivity contribution in [3.05, 3.63) is 29.8 Å². The molecule has 148 valence electrons. The lowest BCUT2D eigenvalue weighted by molar-refractivity contribution is -0.140. The molecule has 1 aliphatic carbocycles. The maximum atomic E-state index is 11.6. The smallest absolute Gasteiger partial charge is 0.307 e. The lowest BCUT2D eigenvalue weighted by Gasteiger charge is -2.24. The standard InChI is InChI=1S/C24H34O3/c1-5-7-14-24(3)15-13-19(17-24)18-27-22-11-9-20(10-12-22)21(8-6-2)16-23(25)26-4/h9-12,19,21H,5,7,13-18H2,1-4H3/t19?,21-,24?/m0/s1. The van der Waals surface area contributed by atoms with Crippen molar-refractivity contribution in [2.45, 2.75) is 71.6 Å². The van der Waals surface area contributed by atoms with Crippen molar-refractivity contribution in [2.75, 3.05) is 13.7 Å². The number of carbonyl (C=O) groups excluding carboxylic acids is 1. The summed E-state index contributed by atoms with van der Waals surface area (Å²) in [5.41, 5.74) is 1.53. The minimum absolute atomic E-state index is 0.134. The van der Waals surface area contributed by atoms with Gasteiger partial charge in [0.05, 0.1) is 26.1 Å². The van der Waals surface area contributed by atoms with E-state index in [0.29, 0.717) is 11.3 Å². The van der Waals surface area contributed by atoms with Crippen molar-refractivity contribution >= 4 is 5.97 Å². The Kier molecular flexibility index (Phi) is 8.23. The lowest BCUT2D eigenvalue weighted by Crippen LogP contribution is -2.14. The molecule has 0 heterocycles. The summed E-state index contributed by atoms with van der Waals surface area (Å²) in [6, 6.07) is 7.99. The predicted octanol–water partition coefficient (Wildman–Crippen LogP) is 5.73. The molecule has 1 fully saturated rings. The molecule has 1 aromatic rings. The van der Waals surface area contributed by atoms with Gasteiger partial charge in [0.15, 0.2) is 0 Å². The van der Waals surface area contributed by atoms with Gasteiger partial charge in [0.2, 0.25) is 0 Å². The molecule has 1 aliphatic rings. The third-order valence-electron chi connectivity index (χ3n) is 5.76. The van der Waals surface area contributed by atoms with E-state index in [-0.39, 0.29) is 18.3 Å². The maximum absolute atomic E-state index is 11.6. The van der Waals surface area contributed by atoms with Crippen LogP contribution in [0.3, 0.4) is 0 Å². The molecule has 0 saturated heterocycles. The van der Waals surface area contributed by atoms with Crippen LogP contribution in [0.4, 0.5) is 0 Å². The van der Waals surface area contributed by atoms with E-state index < -0.39 is 0 Å². The number of hydrogen-bond acceptors (Lipinski definition) is 3. The summed E-state index contributed by atoms with van der Waals surface area (Å²) in [6.07, 6.45) is 8.10. The molecule has 0 bridgehead atoms. The number of carbonyl (C=O) groups is 1. The Bertz CT molecular complexity index is 652. The van der Waals surface area contributed by atoms with Crippen molar-refractivity contribution in [1.82, 2.24) is 0 Å². The van der Waals surface area contributed by atoms with Crippen molar-refractivity contribution in [3.8, 4) is 17.6 Å². The Labute approximate surface area is 164 Å². The second-order valence-corrected chi connectivity index (χ2v) is 8.13. The van der Waals surface area contributed by atoms with E-state index in [2.05, 4.69) is 25.7 Å². The highest BCUT2D eigenvalue weighted by Crippen LogP contribution is 2.45. The first-order valence-corrected chi connectivity index (χ1v) is 10.2. The minimum atomic E-state index is -0.240. The van der Waals surface area contributed by atoms with Crippen LogP contribution in [0.25, 0.3) is 0 Å². The molecule has 0 N–H and O–H groups in total. The molecule has 3 heteroatoms. The number of rotatable bonds is 9. The van der Waals surface area contributed by atoms with Crippen molar-refractivity contribution in [3.63, 3.8) is 0 Å². The first-order chi connectivity index (χ1) is 13.0. The fourth-order valence-electron chi connectivity index (χ4n) is 4.11. The average molecular weight is 371 g/mol. The number of methoxy groups -OCH3 is 1. The van der Waals surface area contributed by atoms with Crippen molar-refractivity contribution in [1.29, 1.82) is 0 Å². The molecule has 0 aliphatic heterocycles. The molecule has 1 aromatic carbocycles. The fraction of sp³-hybridized carbons (Fsp3) is 0.625. The van der Waals surface area contributed by atoms with Crippen LogP contribution in [0, 0.1) is 23.2 Å².